The normalized spacial score (nSPS) is 11.1. The van der Waals surface area contributed by atoms with Gasteiger partial charge >= 0.3 is 0 Å². The van der Waals surface area contributed by atoms with Crippen molar-refractivity contribution in [2.24, 2.45) is 0 Å². The summed E-state index contributed by atoms with van der Waals surface area (Å²) in [7, 11) is 0. The Balaban J connectivity index is 2.44. The van der Waals surface area contributed by atoms with Crippen molar-refractivity contribution in [1.29, 1.82) is 0 Å². The first-order valence-corrected chi connectivity index (χ1v) is 7.55. The van der Waals surface area contributed by atoms with Gasteiger partial charge in [0.1, 0.15) is 0 Å². The van der Waals surface area contributed by atoms with Crippen LogP contribution in [0, 0.1) is 13.8 Å². The molecule has 2 aromatic rings. The molecule has 0 fully saturated rings. The van der Waals surface area contributed by atoms with Gasteiger partial charge in [-0.15, -0.1) is 0 Å². The zero-order chi connectivity index (χ0) is 14.9. The van der Waals surface area contributed by atoms with Gasteiger partial charge in [-0.05, 0) is 43.1 Å². The van der Waals surface area contributed by atoms with E-state index in [-0.39, 0.29) is 0 Å². The standard InChI is InChI=1S/C14H19BrN4O/c1-5-12-14(15)13(18(6-2)17-12)7-19-10(4)11(8-20)9(3)16-19/h8H,5-7H2,1-4H3. The second-order valence-corrected chi connectivity index (χ2v) is 5.53. The van der Waals surface area contributed by atoms with Gasteiger partial charge in [-0.25, -0.2) is 0 Å². The van der Waals surface area contributed by atoms with Crippen LogP contribution in [0.4, 0.5) is 0 Å². The van der Waals surface area contributed by atoms with Crippen LogP contribution in [-0.2, 0) is 19.5 Å². The molecular weight excluding hydrogens is 320 g/mol. The molecule has 2 rings (SSSR count). The average Bonchev–Trinajstić information content (AvgIpc) is 2.88. The third-order valence-electron chi connectivity index (χ3n) is 3.55. The van der Waals surface area contributed by atoms with E-state index in [1.807, 2.05) is 23.2 Å². The molecule has 0 spiro atoms. The second-order valence-electron chi connectivity index (χ2n) is 4.74. The van der Waals surface area contributed by atoms with Crippen molar-refractivity contribution < 1.29 is 4.79 Å². The van der Waals surface area contributed by atoms with E-state index in [4.69, 9.17) is 0 Å². The van der Waals surface area contributed by atoms with Gasteiger partial charge in [-0.3, -0.25) is 14.2 Å². The predicted octanol–water partition coefficient (Wildman–Crippen LogP) is 2.90. The highest BCUT2D eigenvalue weighted by Gasteiger charge is 2.17. The minimum Gasteiger partial charge on any atom is -0.298 e. The molecule has 0 saturated heterocycles. The van der Waals surface area contributed by atoms with E-state index < -0.39 is 0 Å². The van der Waals surface area contributed by atoms with Crippen molar-refractivity contribution in [2.75, 3.05) is 0 Å². The van der Waals surface area contributed by atoms with Gasteiger partial charge in [0.05, 0.1) is 33.7 Å². The van der Waals surface area contributed by atoms with Gasteiger partial charge in [0.25, 0.3) is 0 Å². The molecule has 6 heteroatoms. The number of nitrogens with zero attached hydrogens (tertiary/aromatic N) is 4. The van der Waals surface area contributed by atoms with Crippen molar-refractivity contribution >= 4 is 22.2 Å². The Morgan fingerprint density at radius 2 is 1.90 bits per heavy atom. The summed E-state index contributed by atoms with van der Waals surface area (Å²) < 4.78 is 4.90. The van der Waals surface area contributed by atoms with Gasteiger partial charge in [-0.1, -0.05) is 6.92 Å². The minimum atomic E-state index is 0.613. The van der Waals surface area contributed by atoms with E-state index in [0.29, 0.717) is 12.1 Å². The lowest BCUT2D eigenvalue weighted by atomic mass is 10.2. The highest BCUT2D eigenvalue weighted by Crippen LogP contribution is 2.24. The molecule has 20 heavy (non-hydrogen) atoms. The molecule has 108 valence electrons. The first-order chi connectivity index (χ1) is 9.53. The first kappa shape index (κ1) is 15.0. The predicted molar refractivity (Wildman–Crippen MR) is 81.2 cm³/mol. The Morgan fingerprint density at radius 3 is 2.40 bits per heavy atom. The summed E-state index contributed by atoms with van der Waals surface area (Å²) in [5, 5.41) is 9.03. The Labute approximate surface area is 127 Å². The molecule has 0 atom stereocenters. The largest absolute Gasteiger partial charge is 0.298 e. The molecule has 2 aromatic heterocycles. The molecule has 0 aliphatic heterocycles. The maximum atomic E-state index is 11.1. The van der Waals surface area contributed by atoms with E-state index in [9.17, 15) is 4.79 Å². The van der Waals surface area contributed by atoms with E-state index in [2.05, 4.69) is 40.0 Å². The molecule has 2 heterocycles. The molecule has 0 N–H and O–H groups in total. The quantitative estimate of drug-likeness (QED) is 0.787. The third-order valence-corrected chi connectivity index (χ3v) is 4.46. The lowest BCUT2D eigenvalue weighted by molar-refractivity contribution is 0.112. The molecular formula is C14H19BrN4O. The average molecular weight is 339 g/mol. The topological polar surface area (TPSA) is 52.7 Å². The Hall–Kier alpha value is -1.43. The van der Waals surface area contributed by atoms with Crippen molar-refractivity contribution in [3.8, 4) is 0 Å². The van der Waals surface area contributed by atoms with Gasteiger partial charge in [0.15, 0.2) is 6.29 Å². The Morgan fingerprint density at radius 1 is 1.20 bits per heavy atom. The van der Waals surface area contributed by atoms with Crippen LogP contribution in [0.3, 0.4) is 0 Å². The van der Waals surface area contributed by atoms with Crippen LogP contribution in [0.1, 0.15) is 47.0 Å². The molecule has 0 aromatic carbocycles. The van der Waals surface area contributed by atoms with Crippen LogP contribution >= 0.6 is 15.9 Å². The highest BCUT2D eigenvalue weighted by molar-refractivity contribution is 9.10. The Kier molecular flexibility index (Phi) is 4.42. The van der Waals surface area contributed by atoms with Crippen molar-refractivity contribution in [3.63, 3.8) is 0 Å². The van der Waals surface area contributed by atoms with Crippen molar-refractivity contribution in [1.82, 2.24) is 19.6 Å². The summed E-state index contributed by atoms with van der Waals surface area (Å²) in [6.45, 7) is 9.36. The van der Waals surface area contributed by atoms with Crippen LogP contribution in [0.25, 0.3) is 0 Å². The minimum absolute atomic E-state index is 0.613. The number of rotatable bonds is 5. The van der Waals surface area contributed by atoms with Crippen LogP contribution in [0.2, 0.25) is 0 Å². The number of carbonyl (C=O) groups excluding carboxylic acids is 1. The molecule has 0 bridgehead atoms. The van der Waals surface area contributed by atoms with Crippen molar-refractivity contribution in [3.05, 3.63) is 32.8 Å². The highest BCUT2D eigenvalue weighted by atomic mass is 79.9. The van der Waals surface area contributed by atoms with E-state index >= 15 is 0 Å². The SMILES string of the molecule is CCc1nn(CC)c(Cn2nc(C)c(C=O)c2C)c1Br. The van der Waals surface area contributed by atoms with Gasteiger partial charge in [-0.2, -0.15) is 10.2 Å². The lowest BCUT2D eigenvalue weighted by Gasteiger charge is -2.07. The van der Waals surface area contributed by atoms with Crippen LogP contribution in [0.5, 0.6) is 0 Å². The van der Waals surface area contributed by atoms with E-state index in [0.717, 1.165) is 46.5 Å². The molecule has 0 radical (unpaired) electrons. The molecule has 0 saturated carbocycles. The van der Waals surface area contributed by atoms with Gasteiger partial charge < -0.3 is 0 Å². The summed E-state index contributed by atoms with van der Waals surface area (Å²) >= 11 is 3.63. The van der Waals surface area contributed by atoms with Gasteiger partial charge in [0.2, 0.25) is 0 Å². The zero-order valence-corrected chi connectivity index (χ0v) is 13.9. The van der Waals surface area contributed by atoms with E-state index in [1.165, 1.54) is 0 Å². The zero-order valence-electron chi connectivity index (χ0n) is 12.3. The maximum absolute atomic E-state index is 11.1. The molecule has 0 aliphatic rings. The molecule has 0 unspecified atom stereocenters. The fourth-order valence-electron chi connectivity index (χ4n) is 2.35. The number of hydrogen-bond donors (Lipinski definition) is 0. The van der Waals surface area contributed by atoms with Gasteiger partial charge in [0, 0.05) is 12.2 Å². The van der Waals surface area contributed by atoms with Crippen molar-refractivity contribution in [2.45, 2.75) is 47.2 Å². The molecule has 0 amide bonds. The lowest BCUT2D eigenvalue weighted by Crippen LogP contribution is -2.11. The monoisotopic (exact) mass is 338 g/mol. The third kappa shape index (κ3) is 2.44. The Bertz CT molecular complexity index is 642. The summed E-state index contributed by atoms with van der Waals surface area (Å²) in [4.78, 5) is 11.1. The molecule has 0 aliphatic carbocycles. The first-order valence-electron chi connectivity index (χ1n) is 6.76. The maximum Gasteiger partial charge on any atom is 0.153 e. The number of aryl methyl sites for hydroxylation is 3. The fourth-order valence-corrected chi connectivity index (χ4v) is 3.04. The number of aldehydes is 1. The molecule has 5 nitrogen and oxygen atoms in total. The van der Waals surface area contributed by atoms with Crippen LogP contribution in [-0.4, -0.2) is 25.8 Å². The fraction of sp³-hybridized carbons (Fsp3) is 0.500. The second kappa shape index (κ2) is 5.91. The van der Waals surface area contributed by atoms with Crippen LogP contribution < -0.4 is 0 Å². The number of halogens is 1. The summed E-state index contributed by atoms with van der Waals surface area (Å²) in [6, 6.07) is 0. The summed E-state index contributed by atoms with van der Waals surface area (Å²) in [6.07, 6.45) is 1.76. The van der Waals surface area contributed by atoms with E-state index in [1.54, 1.807) is 0 Å². The summed E-state index contributed by atoms with van der Waals surface area (Å²) in [5.41, 5.74) is 4.49. The summed E-state index contributed by atoms with van der Waals surface area (Å²) in [5.74, 6) is 0. The van der Waals surface area contributed by atoms with Crippen LogP contribution in [0.15, 0.2) is 4.47 Å². The number of hydrogen-bond acceptors (Lipinski definition) is 3. The number of carbonyl (C=O) groups is 1. The smallest absolute Gasteiger partial charge is 0.153 e. The number of aromatic nitrogens is 4.